The minimum Gasteiger partial charge on any atom is -0.497 e. The number of hydrogen-bond acceptors (Lipinski definition) is 7. The zero-order valence-electron chi connectivity index (χ0n) is 14.5. The Labute approximate surface area is 159 Å². The van der Waals surface area contributed by atoms with Crippen LogP contribution in [0.4, 0.5) is 5.69 Å². The highest BCUT2D eigenvalue weighted by Gasteiger charge is 2.24. The van der Waals surface area contributed by atoms with Gasteiger partial charge in [-0.1, -0.05) is 16.8 Å². The summed E-state index contributed by atoms with van der Waals surface area (Å²) in [7, 11) is 1.55. The molecule has 1 atom stereocenters. The lowest BCUT2D eigenvalue weighted by molar-refractivity contribution is -0.384. The van der Waals surface area contributed by atoms with Gasteiger partial charge >= 0.3 is 5.97 Å². The van der Waals surface area contributed by atoms with Crippen molar-refractivity contribution < 1.29 is 24.0 Å². The number of fused-ring (bicyclic) bond motifs is 1. The molecule has 0 N–H and O–H groups in total. The molecule has 0 unspecified atom stereocenters. The highest BCUT2D eigenvalue weighted by Crippen LogP contribution is 2.32. The van der Waals surface area contributed by atoms with E-state index in [1.165, 1.54) is 12.1 Å². The topological polar surface area (TPSA) is 100 Å². The van der Waals surface area contributed by atoms with Crippen molar-refractivity contribution in [3.8, 4) is 11.5 Å². The van der Waals surface area contributed by atoms with E-state index in [9.17, 15) is 14.9 Å². The molecule has 0 fully saturated rings. The number of carbonyl (C=O) groups is 1. The lowest BCUT2D eigenvalue weighted by Gasteiger charge is -2.24. The Morgan fingerprint density at radius 2 is 2.11 bits per heavy atom. The third kappa shape index (κ3) is 4.01. The van der Waals surface area contributed by atoms with Crippen LogP contribution in [0.25, 0.3) is 0 Å². The Morgan fingerprint density at radius 3 is 2.78 bits per heavy atom. The van der Waals surface area contributed by atoms with Gasteiger partial charge in [0.1, 0.15) is 17.6 Å². The maximum Gasteiger partial charge on any atom is 0.367 e. The highest BCUT2D eigenvalue weighted by atomic mass is 35.5. The van der Waals surface area contributed by atoms with Crippen molar-refractivity contribution in [3.63, 3.8) is 0 Å². The molecule has 140 valence electrons. The second-order valence-corrected chi connectivity index (χ2v) is 6.24. The van der Waals surface area contributed by atoms with Crippen molar-refractivity contribution in [1.29, 1.82) is 0 Å². The molecular formula is C18H15ClN2O6. The van der Waals surface area contributed by atoms with Gasteiger partial charge in [0.05, 0.1) is 28.3 Å². The van der Waals surface area contributed by atoms with Crippen molar-refractivity contribution >= 4 is 29.0 Å². The summed E-state index contributed by atoms with van der Waals surface area (Å²) in [6.45, 7) is 1.87. The number of non-ortho nitro benzene ring substituents is 1. The van der Waals surface area contributed by atoms with E-state index in [1.54, 1.807) is 25.3 Å². The van der Waals surface area contributed by atoms with E-state index in [0.29, 0.717) is 29.2 Å². The van der Waals surface area contributed by atoms with Gasteiger partial charge in [-0.25, -0.2) is 4.79 Å². The van der Waals surface area contributed by atoms with E-state index in [0.717, 1.165) is 6.07 Å². The van der Waals surface area contributed by atoms with Gasteiger partial charge in [0.25, 0.3) is 5.69 Å². The third-order valence-electron chi connectivity index (χ3n) is 3.93. The fourth-order valence-corrected chi connectivity index (χ4v) is 2.87. The van der Waals surface area contributed by atoms with Crippen molar-refractivity contribution in [2.45, 2.75) is 19.4 Å². The second-order valence-electron chi connectivity index (χ2n) is 5.83. The fraction of sp³-hybridized carbons (Fsp3) is 0.222. The number of methoxy groups -OCH3 is 1. The number of oxime groups is 1. The van der Waals surface area contributed by atoms with Gasteiger partial charge in [-0.2, -0.15) is 0 Å². The standard InChI is InChI=1S/C18H15ClN2O6/c1-10-7-16(14-6-4-12(25-2)9-17(14)26-10)20-27-18(22)13-5-3-11(21(23)24)8-15(13)19/h3-6,8-10H,7H2,1-2H3/b20-16+/t10-/m1/s1. The average molecular weight is 391 g/mol. The van der Waals surface area contributed by atoms with Crippen molar-refractivity contribution in [3.05, 3.63) is 62.7 Å². The predicted octanol–water partition coefficient (Wildman–Crippen LogP) is 3.99. The van der Waals surface area contributed by atoms with Crippen LogP contribution in [0.5, 0.6) is 11.5 Å². The first-order valence-corrected chi connectivity index (χ1v) is 8.34. The predicted molar refractivity (Wildman–Crippen MR) is 97.8 cm³/mol. The molecule has 0 radical (unpaired) electrons. The molecule has 0 saturated carbocycles. The zero-order chi connectivity index (χ0) is 19.6. The van der Waals surface area contributed by atoms with E-state index < -0.39 is 10.9 Å². The number of nitro groups is 1. The number of halogens is 1. The lowest BCUT2D eigenvalue weighted by atomic mass is 10.0. The number of carbonyl (C=O) groups excluding carboxylic acids is 1. The molecule has 0 bridgehead atoms. The molecule has 2 aromatic rings. The summed E-state index contributed by atoms with van der Waals surface area (Å²) in [6.07, 6.45) is 0.283. The summed E-state index contributed by atoms with van der Waals surface area (Å²) >= 11 is 5.94. The first kappa shape index (κ1) is 18.7. The third-order valence-corrected chi connectivity index (χ3v) is 4.24. The lowest BCUT2D eigenvalue weighted by Crippen LogP contribution is -2.25. The number of nitro benzene ring substituents is 1. The zero-order valence-corrected chi connectivity index (χ0v) is 15.2. The van der Waals surface area contributed by atoms with Crippen LogP contribution in [0.2, 0.25) is 5.02 Å². The molecule has 9 heteroatoms. The average Bonchev–Trinajstić information content (AvgIpc) is 2.64. The van der Waals surface area contributed by atoms with Gasteiger partial charge in [0.15, 0.2) is 0 Å². The minimum atomic E-state index is -0.809. The van der Waals surface area contributed by atoms with Crippen LogP contribution in [0, 0.1) is 10.1 Å². The molecule has 0 saturated heterocycles. The van der Waals surface area contributed by atoms with E-state index in [-0.39, 0.29) is 22.4 Å². The Morgan fingerprint density at radius 1 is 1.33 bits per heavy atom. The highest BCUT2D eigenvalue weighted by molar-refractivity contribution is 6.33. The minimum absolute atomic E-state index is 0.0123. The summed E-state index contributed by atoms with van der Waals surface area (Å²) < 4.78 is 10.9. The van der Waals surface area contributed by atoms with Crippen LogP contribution in [0.3, 0.4) is 0 Å². The van der Waals surface area contributed by atoms with E-state index in [1.807, 2.05) is 6.92 Å². The van der Waals surface area contributed by atoms with Crippen LogP contribution in [-0.2, 0) is 4.84 Å². The normalized spacial score (nSPS) is 17.0. The number of ether oxygens (including phenoxy) is 2. The van der Waals surface area contributed by atoms with Gasteiger partial charge in [-0.3, -0.25) is 10.1 Å². The molecule has 3 rings (SSSR count). The van der Waals surface area contributed by atoms with Gasteiger partial charge in [0.2, 0.25) is 0 Å². The molecule has 1 aliphatic rings. The number of rotatable bonds is 4. The molecule has 0 aromatic heterocycles. The van der Waals surface area contributed by atoms with Crippen LogP contribution in [-0.4, -0.2) is 29.8 Å². The molecule has 0 spiro atoms. The van der Waals surface area contributed by atoms with Crippen LogP contribution < -0.4 is 9.47 Å². The molecule has 1 heterocycles. The SMILES string of the molecule is COc1ccc2c(c1)O[C@H](C)C/C2=N\OC(=O)c1ccc([N+](=O)[O-])cc1Cl. The summed E-state index contributed by atoms with van der Waals surface area (Å²) in [5.74, 6) is 0.407. The summed E-state index contributed by atoms with van der Waals surface area (Å²) in [5, 5.41) is 14.6. The second kappa shape index (κ2) is 7.63. The van der Waals surface area contributed by atoms with Crippen molar-refractivity contribution in [2.24, 2.45) is 5.16 Å². The first-order chi connectivity index (χ1) is 12.9. The molecule has 27 heavy (non-hydrogen) atoms. The molecule has 1 aliphatic heterocycles. The molecule has 8 nitrogen and oxygen atoms in total. The summed E-state index contributed by atoms with van der Waals surface area (Å²) in [4.78, 5) is 27.4. The number of hydrogen-bond donors (Lipinski definition) is 0. The van der Waals surface area contributed by atoms with Crippen molar-refractivity contribution in [2.75, 3.05) is 7.11 Å². The monoisotopic (exact) mass is 390 g/mol. The van der Waals surface area contributed by atoms with Crippen LogP contribution >= 0.6 is 11.6 Å². The van der Waals surface area contributed by atoms with Gasteiger partial charge in [-0.15, -0.1) is 0 Å². The Bertz CT molecular complexity index is 943. The van der Waals surface area contributed by atoms with E-state index in [4.69, 9.17) is 25.9 Å². The van der Waals surface area contributed by atoms with Gasteiger partial charge < -0.3 is 14.3 Å². The molecule has 2 aromatic carbocycles. The molecular weight excluding hydrogens is 376 g/mol. The van der Waals surface area contributed by atoms with E-state index in [2.05, 4.69) is 5.16 Å². The van der Waals surface area contributed by atoms with Crippen molar-refractivity contribution in [1.82, 2.24) is 0 Å². The van der Waals surface area contributed by atoms with E-state index >= 15 is 0 Å². The fourth-order valence-electron chi connectivity index (χ4n) is 2.62. The van der Waals surface area contributed by atoms with Gasteiger partial charge in [0, 0.05) is 30.2 Å². The van der Waals surface area contributed by atoms with Crippen LogP contribution in [0.15, 0.2) is 41.6 Å². The smallest absolute Gasteiger partial charge is 0.367 e. The summed E-state index contributed by atoms with van der Waals surface area (Å²) in [5.41, 5.74) is 1.000. The number of benzene rings is 2. The molecule has 0 aliphatic carbocycles. The Hall–Kier alpha value is -3.13. The summed E-state index contributed by atoms with van der Waals surface area (Å²) in [6, 6.07) is 8.75. The van der Waals surface area contributed by atoms with Crippen LogP contribution in [0.1, 0.15) is 29.3 Å². The number of nitrogens with zero attached hydrogens (tertiary/aromatic N) is 2. The maximum atomic E-state index is 12.2. The quantitative estimate of drug-likeness (QED) is 0.444. The maximum absolute atomic E-state index is 12.2. The first-order valence-electron chi connectivity index (χ1n) is 7.96. The van der Waals surface area contributed by atoms with Gasteiger partial charge in [-0.05, 0) is 25.1 Å². The molecule has 0 amide bonds. The Kier molecular flexibility index (Phi) is 5.27. The largest absolute Gasteiger partial charge is 0.497 e. The Balaban J connectivity index is 1.84.